The van der Waals surface area contributed by atoms with E-state index in [1.165, 1.54) is 33.3 Å². The molecule has 19 nitrogen and oxygen atoms in total. The van der Waals surface area contributed by atoms with Gasteiger partial charge in [0, 0.05) is 62.1 Å². The average Bonchev–Trinajstić information content (AvgIpc) is 1.67. The van der Waals surface area contributed by atoms with E-state index < -0.39 is 0 Å². The van der Waals surface area contributed by atoms with Crippen LogP contribution in [-0.4, -0.2) is 49.4 Å². The van der Waals surface area contributed by atoms with Crippen molar-refractivity contribution in [2.45, 2.75) is 240 Å². The Morgan fingerprint density at radius 3 is 1.02 bits per heavy atom. The molecule has 528 valence electrons. The lowest BCUT2D eigenvalue weighted by molar-refractivity contribution is 0.446. The third-order valence-electron chi connectivity index (χ3n) is 13.5. The predicted octanol–water partition coefficient (Wildman–Crippen LogP) is 21.3. The minimum Gasteiger partial charge on any atom is -0.382 e. The molecule has 0 unspecified atom stereocenters. The van der Waals surface area contributed by atoms with Crippen molar-refractivity contribution < 1.29 is 13.6 Å². The van der Waals surface area contributed by atoms with Crippen molar-refractivity contribution in [2.24, 2.45) is 0 Å². The van der Waals surface area contributed by atoms with Crippen LogP contribution in [0.5, 0.6) is 0 Å². The van der Waals surface area contributed by atoms with Gasteiger partial charge in [0.15, 0.2) is 40.0 Å². The summed E-state index contributed by atoms with van der Waals surface area (Å²) in [5.74, 6) is 3.15. The van der Waals surface area contributed by atoms with Gasteiger partial charge in [-0.25, -0.2) is 0 Å². The molecule has 3 aromatic carbocycles. The van der Waals surface area contributed by atoms with Crippen LogP contribution in [0.1, 0.15) is 241 Å². The van der Waals surface area contributed by atoms with E-state index >= 15 is 0 Å². The molecule has 0 spiro atoms. The minimum atomic E-state index is -0.0640. The molecule has 21 heteroatoms. The SMILES string of the molecule is CC.CC.CC.CC.CC.CC.CC(C)(C)c1cccc2c(N)noc12.CC(C)(C)c1cccc2c(N)noc12.CC(C)(C)c1cccc2c(N)nsc12.CC(C)(C)c1nccc2c(N)n[nH]c12.CC(C)(C)c1nccc2c(N)noc12.CC(C)(C)c1nccc2c(N)nsc12. The summed E-state index contributed by atoms with van der Waals surface area (Å²) in [6.07, 6.45) is 5.30. The molecular formula is C75H118N16O3S2. The van der Waals surface area contributed by atoms with Gasteiger partial charge in [0.25, 0.3) is 0 Å². The molecule has 0 atom stereocenters. The second-order valence-electron chi connectivity index (χ2n) is 26.6. The number of nitrogens with zero attached hydrogens (tertiary/aromatic N) is 9. The first kappa shape index (κ1) is 85.6. The number of aromatic nitrogens is 10. The molecule has 0 aliphatic carbocycles. The van der Waals surface area contributed by atoms with Gasteiger partial charge in [-0.2, -0.15) is 13.8 Å². The highest BCUT2D eigenvalue weighted by Gasteiger charge is 2.26. The van der Waals surface area contributed by atoms with Crippen molar-refractivity contribution in [3.8, 4) is 0 Å². The zero-order valence-electron chi connectivity index (χ0n) is 63.7. The van der Waals surface area contributed by atoms with E-state index in [1.807, 2.05) is 150 Å². The number of anilines is 6. The molecule has 0 saturated carbocycles. The molecule has 0 aliphatic heterocycles. The first-order chi connectivity index (χ1) is 45.0. The quantitative estimate of drug-likeness (QED) is 0.0742. The second-order valence-corrected chi connectivity index (χ2v) is 28.2. The van der Waals surface area contributed by atoms with Gasteiger partial charge in [0.1, 0.15) is 11.6 Å². The lowest BCUT2D eigenvalue weighted by Gasteiger charge is -2.19. The number of aromatic amines is 1. The molecule has 9 heterocycles. The summed E-state index contributed by atoms with van der Waals surface area (Å²) in [5.41, 5.74) is 44.3. The van der Waals surface area contributed by atoms with Crippen molar-refractivity contribution >= 4 is 122 Å². The standard InChI is InChI=1S/2C11H14N2O.C11H14N2S.C10H14N4.C10H13N3O.C10H13N3S.6C2H6/c3*1-11(2,3)8-6-4-5-7-9(8)14-13-10(7)12;1-10(2,3)8-7-6(4-5-12-8)9(11)14-13-7;2*1-10(2,3)8-7-6(4-5-12-8)9(11)13-14-7;6*1-2/h3*4-6H,1-3H3,(H2,12,13);4-5H,1-3H3,(H3,11,13,14);2*4-5H,1-3H3,(H2,11,13);6*1-2H3. The van der Waals surface area contributed by atoms with Gasteiger partial charge in [-0.1, -0.05) is 260 Å². The van der Waals surface area contributed by atoms with Gasteiger partial charge >= 0.3 is 0 Å². The maximum Gasteiger partial charge on any atom is 0.191 e. The van der Waals surface area contributed by atoms with Gasteiger partial charge in [-0.3, -0.25) is 20.1 Å². The van der Waals surface area contributed by atoms with E-state index in [9.17, 15) is 0 Å². The van der Waals surface area contributed by atoms with Crippen molar-refractivity contribution in [2.75, 3.05) is 34.4 Å². The summed E-state index contributed by atoms with van der Waals surface area (Å²) in [7, 11) is 0. The first-order valence-corrected chi connectivity index (χ1v) is 35.1. The van der Waals surface area contributed by atoms with Crippen LogP contribution in [0.25, 0.3) is 64.0 Å². The summed E-state index contributed by atoms with van der Waals surface area (Å²) in [6.45, 7) is 62.5. The number of hydrogen-bond donors (Lipinski definition) is 7. The van der Waals surface area contributed by atoms with Crippen molar-refractivity contribution in [1.29, 1.82) is 0 Å². The number of benzene rings is 3. The molecule has 0 fully saturated rings. The summed E-state index contributed by atoms with van der Waals surface area (Å²) in [6, 6.07) is 23.8. The second kappa shape index (κ2) is 37.8. The Labute approximate surface area is 581 Å². The Hall–Kier alpha value is -8.43. The number of para-hydroxylation sites is 2. The summed E-state index contributed by atoms with van der Waals surface area (Å²) >= 11 is 2.92. The van der Waals surface area contributed by atoms with Crippen LogP contribution in [0, 0.1) is 0 Å². The number of H-pyrrole nitrogens is 1. The molecule has 13 N–H and O–H groups in total. The highest BCUT2D eigenvalue weighted by molar-refractivity contribution is 7.14. The summed E-state index contributed by atoms with van der Waals surface area (Å²) in [4.78, 5) is 13.1. The Balaban J connectivity index is 0.000000557. The van der Waals surface area contributed by atoms with E-state index in [-0.39, 0.29) is 32.5 Å². The van der Waals surface area contributed by atoms with E-state index in [2.05, 4.69) is 180 Å². The first-order valence-electron chi connectivity index (χ1n) is 33.5. The average molecular weight is 1360 g/mol. The molecule has 0 radical (unpaired) electrons. The fourth-order valence-corrected chi connectivity index (χ4v) is 11.1. The van der Waals surface area contributed by atoms with Crippen LogP contribution in [-0.2, 0) is 32.5 Å². The normalized spacial score (nSPS) is 11.1. The van der Waals surface area contributed by atoms with E-state index in [0.29, 0.717) is 40.5 Å². The van der Waals surface area contributed by atoms with Crippen LogP contribution in [0.2, 0.25) is 0 Å². The lowest BCUT2D eigenvalue weighted by Crippen LogP contribution is -2.13. The number of nitrogen functional groups attached to an aromatic ring is 6. The Kier molecular flexibility index (Phi) is 33.7. The Morgan fingerprint density at radius 1 is 0.312 bits per heavy atom. The van der Waals surface area contributed by atoms with Crippen molar-refractivity contribution in [3.63, 3.8) is 0 Å². The van der Waals surface area contributed by atoms with Crippen LogP contribution >= 0.6 is 23.1 Å². The van der Waals surface area contributed by atoms with E-state index in [1.54, 1.807) is 18.6 Å². The van der Waals surface area contributed by atoms with Gasteiger partial charge in [-0.15, -0.1) is 0 Å². The molecule has 9 aromatic heterocycles. The molecule has 12 rings (SSSR count). The largest absolute Gasteiger partial charge is 0.382 e. The summed E-state index contributed by atoms with van der Waals surface area (Å²) < 4.78 is 26.3. The van der Waals surface area contributed by atoms with Crippen molar-refractivity contribution in [1.82, 2.24) is 49.4 Å². The van der Waals surface area contributed by atoms with Crippen LogP contribution < -0.4 is 34.4 Å². The number of fused-ring (bicyclic) bond motifs is 6. The Bertz CT molecular complexity index is 3510. The molecular weight excluding hydrogens is 1240 g/mol. The molecule has 0 aliphatic rings. The Morgan fingerprint density at radius 2 is 0.625 bits per heavy atom. The number of nitrogens with one attached hydrogen (secondary N) is 1. The zero-order valence-corrected chi connectivity index (χ0v) is 65.3. The van der Waals surface area contributed by atoms with Gasteiger partial charge in [0.2, 0.25) is 0 Å². The third kappa shape index (κ3) is 22.3. The topological polar surface area (TPSA) is 327 Å². The fourth-order valence-electron chi connectivity index (χ4n) is 9.09. The highest BCUT2D eigenvalue weighted by atomic mass is 32.1. The molecule has 0 amide bonds. The monoisotopic (exact) mass is 1350 g/mol. The molecule has 0 bridgehead atoms. The number of nitrogens with two attached hydrogens (primary N) is 6. The maximum absolute atomic E-state index is 5.79. The smallest absolute Gasteiger partial charge is 0.191 e. The number of rotatable bonds is 0. The fraction of sp³-hybridized carbons (Fsp3) is 0.480. The van der Waals surface area contributed by atoms with Crippen LogP contribution in [0.4, 0.5) is 34.9 Å². The zero-order chi connectivity index (χ0) is 74.1. The van der Waals surface area contributed by atoms with Gasteiger partial charge < -0.3 is 48.0 Å². The molecule has 0 saturated heterocycles. The van der Waals surface area contributed by atoms with E-state index in [0.717, 1.165) is 81.9 Å². The lowest BCUT2D eigenvalue weighted by atomic mass is 9.86. The maximum atomic E-state index is 5.79. The summed E-state index contributed by atoms with van der Waals surface area (Å²) in [5, 5.41) is 23.9. The van der Waals surface area contributed by atoms with Gasteiger partial charge in [0.05, 0.1) is 48.2 Å². The highest BCUT2D eigenvalue weighted by Crippen LogP contribution is 2.38. The number of pyridine rings is 3. The van der Waals surface area contributed by atoms with Crippen molar-refractivity contribution in [3.05, 3.63) is 125 Å². The molecule has 96 heavy (non-hydrogen) atoms. The molecule has 12 aromatic rings. The van der Waals surface area contributed by atoms with Crippen LogP contribution in [0.3, 0.4) is 0 Å². The minimum absolute atomic E-state index is 0.00150. The third-order valence-corrected chi connectivity index (χ3v) is 15.3. The van der Waals surface area contributed by atoms with Crippen LogP contribution in [0.15, 0.2) is 105 Å². The number of hydrogen-bond acceptors (Lipinski definition) is 20. The van der Waals surface area contributed by atoms with E-state index in [4.69, 9.17) is 48.0 Å². The van der Waals surface area contributed by atoms with Gasteiger partial charge in [-0.05, 0) is 81.3 Å². The predicted molar refractivity (Wildman–Crippen MR) is 418 cm³/mol.